The number of benzene rings is 1. The lowest BCUT2D eigenvalue weighted by molar-refractivity contribution is 0.0956. The number of amides is 1. The van der Waals surface area contributed by atoms with Gasteiger partial charge in [0.2, 0.25) is 10.0 Å². The Morgan fingerprint density at radius 3 is 2.57 bits per heavy atom. The standard InChI is InChI=1S/C13H22N4O3S/c1-3-15-13(18)10-5-6-12(11(14)9-10)16-7-4-8-17-21(2,19)20/h5-6,9,16-17H,3-4,7-8,14H2,1-2H3,(H,15,18). The molecule has 0 saturated carbocycles. The molecule has 8 heteroatoms. The summed E-state index contributed by atoms with van der Waals surface area (Å²) in [5, 5.41) is 5.81. The molecule has 0 heterocycles. The zero-order chi connectivity index (χ0) is 15.9. The molecule has 0 aliphatic rings. The summed E-state index contributed by atoms with van der Waals surface area (Å²) in [5.74, 6) is -0.159. The topological polar surface area (TPSA) is 113 Å². The average Bonchev–Trinajstić information content (AvgIpc) is 2.39. The average molecular weight is 314 g/mol. The molecule has 1 aromatic rings. The minimum atomic E-state index is -3.14. The molecule has 5 N–H and O–H groups in total. The quantitative estimate of drug-likeness (QED) is 0.409. The molecule has 1 rings (SSSR count). The van der Waals surface area contributed by atoms with Gasteiger partial charge in [-0.1, -0.05) is 0 Å². The minimum absolute atomic E-state index is 0.159. The number of rotatable bonds is 8. The fourth-order valence-corrected chi connectivity index (χ4v) is 2.21. The van der Waals surface area contributed by atoms with Crippen LogP contribution in [0.5, 0.6) is 0 Å². The zero-order valence-corrected chi connectivity index (χ0v) is 13.1. The monoisotopic (exact) mass is 314 g/mol. The fraction of sp³-hybridized carbons (Fsp3) is 0.462. The van der Waals surface area contributed by atoms with Crippen LogP contribution in [0.15, 0.2) is 18.2 Å². The lowest BCUT2D eigenvalue weighted by Crippen LogP contribution is -2.24. The summed E-state index contributed by atoms with van der Waals surface area (Å²) in [6.45, 7) is 3.35. The van der Waals surface area contributed by atoms with Crippen molar-refractivity contribution in [3.8, 4) is 0 Å². The van der Waals surface area contributed by atoms with Gasteiger partial charge in [0.05, 0.1) is 17.6 Å². The minimum Gasteiger partial charge on any atom is -0.397 e. The van der Waals surface area contributed by atoms with Crippen LogP contribution in [0.4, 0.5) is 11.4 Å². The van der Waals surface area contributed by atoms with Crippen molar-refractivity contribution in [1.29, 1.82) is 0 Å². The van der Waals surface area contributed by atoms with Crippen LogP contribution >= 0.6 is 0 Å². The zero-order valence-electron chi connectivity index (χ0n) is 12.3. The van der Waals surface area contributed by atoms with Gasteiger partial charge >= 0.3 is 0 Å². The third kappa shape index (κ3) is 6.46. The molecule has 0 spiro atoms. The first-order chi connectivity index (χ1) is 9.83. The van der Waals surface area contributed by atoms with Gasteiger partial charge in [-0.3, -0.25) is 4.79 Å². The van der Waals surface area contributed by atoms with Crippen LogP contribution in [0.1, 0.15) is 23.7 Å². The van der Waals surface area contributed by atoms with Crippen molar-refractivity contribution in [2.24, 2.45) is 0 Å². The Bertz CT molecular complexity index is 587. The molecule has 21 heavy (non-hydrogen) atoms. The molecule has 0 aromatic heterocycles. The van der Waals surface area contributed by atoms with Gasteiger partial charge in [-0.25, -0.2) is 13.1 Å². The third-order valence-corrected chi connectivity index (χ3v) is 3.41. The van der Waals surface area contributed by atoms with Crippen LogP contribution in [0, 0.1) is 0 Å². The molecule has 0 bridgehead atoms. The second kappa shape index (κ2) is 7.84. The van der Waals surface area contributed by atoms with Gasteiger partial charge < -0.3 is 16.4 Å². The van der Waals surface area contributed by atoms with E-state index >= 15 is 0 Å². The number of sulfonamides is 1. The second-order valence-corrected chi connectivity index (χ2v) is 6.44. The van der Waals surface area contributed by atoms with Gasteiger partial charge in [0, 0.05) is 25.2 Å². The molecule has 0 fully saturated rings. The molecule has 0 aliphatic heterocycles. The normalized spacial score (nSPS) is 11.1. The van der Waals surface area contributed by atoms with Crippen molar-refractivity contribution in [1.82, 2.24) is 10.0 Å². The van der Waals surface area contributed by atoms with Crippen LogP contribution in [0.25, 0.3) is 0 Å². The molecule has 1 amide bonds. The van der Waals surface area contributed by atoms with Crippen molar-refractivity contribution in [2.45, 2.75) is 13.3 Å². The van der Waals surface area contributed by atoms with Crippen molar-refractivity contribution in [2.75, 3.05) is 36.9 Å². The van der Waals surface area contributed by atoms with E-state index < -0.39 is 10.0 Å². The highest BCUT2D eigenvalue weighted by atomic mass is 32.2. The Morgan fingerprint density at radius 2 is 2.00 bits per heavy atom. The van der Waals surface area contributed by atoms with E-state index in [1.807, 2.05) is 6.92 Å². The summed E-state index contributed by atoms with van der Waals surface area (Å²) in [6, 6.07) is 5.05. The van der Waals surface area contributed by atoms with Gasteiger partial charge in [0.15, 0.2) is 0 Å². The summed E-state index contributed by atoms with van der Waals surface area (Å²) in [4.78, 5) is 11.6. The van der Waals surface area contributed by atoms with E-state index in [1.54, 1.807) is 18.2 Å². The van der Waals surface area contributed by atoms with E-state index in [2.05, 4.69) is 15.4 Å². The van der Waals surface area contributed by atoms with Crippen molar-refractivity contribution >= 4 is 27.3 Å². The molecule has 0 saturated heterocycles. The number of hydrogen-bond acceptors (Lipinski definition) is 5. The lowest BCUT2D eigenvalue weighted by Gasteiger charge is -2.11. The van der Waals surface area contributed by atoms with Gasteiger partial charge in [0.25, 0.3) is 5.91 Å². The molecule has 7 nitrogen and oxygen atoms in total. The van der Waals surface area contributed by atoms with E-state index in [-0.39, 0.29) is 5.91 Å². The van der Waals surface area contributed by atoms with Gasteiger partial charge in [-0.15, -0.1) is 0 Å². The summed E-state index contributed by atoms with van der Waals surface area (Å²) < 4.78 is 24.2. The Hall–Kier alpha value is -1.80. The van der Waals surface area contributed by atoms with Crippen LogP contribution in [-0.2, 0) is 10.0 Å². The number of anilines is 2. The largest absolute Gasteiger partial charge is 0.397 e. The number of nitrogens with two attached hydrogens (primary N) is 1. The van der Waals surface area contributed by atoms with Crippen LogP contribution in [0.3, 0.4) is 0 Å². The summed E-state index contributed by atoms with van der Waals surface area (Å²) in [5.41, 5.74) is 7.60. The molecule has 0 atom stereocenters. The number of nitrogens with one attached hydrogen (secondary N) is 3. The Balaban J connectivity index is 2.48. The molecule has 0 unspecified atom stereocenters. The van der Waals surface area contributed by atoms with Gasteiger partial charge in [-0.2, -0.15) is 0 Å². The molecule has 0 radical (unpaired) electrons. The summed E-state index contributed by atoms with van der Waals surface area (Å²) in [7, 11) is -3.14. The number of hydrogen-bond donors (Lipinski definition) is 4. The molecule has 0 aliphatic carbocycles. The first kappa shape index (κ1) is 17.3. The molecule has 1 aromatic carbocycles. The van der Waals surface area contributed by atoms with E-state index in [0.717, 1.165) is 11.9 Å². The lowest BCUT2D eigenvalue weighted by atomic mass is 10.1. The maximum Gasteiger partial charge on any atom is 0.251 e. The number of carbonyl (C=O) groups excluding carboxylic acids is 1. The van der Waals surface area contributed by atoms with Crippen LogP contribution < -0.4 is 21.1 Å². The fourth-order valence-electron chi connectivity index (χ4n) is 1.70. The predicted octanol–water partition coefficient (Wildman–Crippen LogP) is 0.370. The summed E-state index contributed by atoms with van der Waals surface area (Å²) in [6.07, 6.45) is 1.75. The Labute approximate surface area is 125 Å². The Morgan fingerprint density at radius 1 is 1.29 bits per heavy atom. The first-order valence-electron chi connectivity index (χ1n) is 6.69. The molecular formula is C13H22N4O3S. The molecule has 118 valence electrons. The van der Waals surface area contributed by atoms with Crippen molar-refractivity contribution in [3.63, 3.8) is 0 Å². The van der Waals surface area contributed by atoms with E-state index in [9.17, 15) is 13.2 Å². The van der Waals surface area contributed by atoms with E-state index in [0.29, 0.717) is 37.3 Å². The van der Waals surface area contributed by atoms with Crippen LogP contribution in [0.2, 0.25) is 0 Å². The maximum absolute atomic E-state index is 11.6. The number of carbonyl (C=O) groups is 1. The third-order valence-electron chi connectivity index (χ3n) is 2.68. The maximum atomic E-state index is 11.6. The highest BCUT2D eigenvalue weighted by molar-refractivity contribution is 7.88. The molecular weight excluding hydrogens is 292 g/mol. The SMILES string of the molecule is CCNC(=O)c1ccc(NCCCNS(C)(=O)=O)c(N)c1. The van der Waals surface area contributed by atoms with E-state index in [1.165, 1.54) is 0 Å². The first-order valence-corrected chi connectivity index (χ1v) is 8.59. The van der Waals surface area contributed by atoms with Crippen LogP contribution in [-0.4, -0.2) is 40.2 Å². The highest BCUT2D eigenvalue weighted by Gasteiger charge is 2.07. The predicted molar refractivity (Wildman–Crippen MR) is 84.8 cm³/mol. The smallest absolute Gasteiger partial charge is 0.251 e. The second-order valence-electron chi connectivity index (χ2n) is 4.61. The van der Waals surface area contributed by atoms with Crippen molar-refractivity contribution in [3.05, 3.63) is 23.8 Å². The van der Waals surface area contributed by atoms with Crippen molar-refractivity contribution < 1.29 is 13.2 Å². The van der Waals surface area contributed by atoms with Gasteiger partial charge in [-0.05, 0) is 31.5 Å². The van der Waals surface area contributed by atoms with E-state index in [4.69, 9.17) is 5.73 Å². The highest BCUT2D eigenvalue weighted by Crippen LogP contribution is 2.19. The Kier molecular flexibility index (Phi) is 6.44. The summed E-state index contributed by atoms with van der Waals surface area (Å²) >= 11 is 0. The van der Waals surface area contributed by atoms with Gasteiger partial charge in [0.1, 0.15) is 0 Å². The number of nitrogen functional groups attached to an aromatic ring is 1.